The van der Waals surface area contributed by atoms with E-state index in [4.69, 9.17) is 4.74 Å². The summed E-state index contributed by atoms with van der Waals surface area (Å²) in [5, 5.41) is 0. The van der Waals surface area contributed by atoms with Crippen LogP contribution in [0.3, 0.4) is 0 Å². The van der Waals surface area contributed by atoms with Crippen LogP contribution in [0, 0.1) is 12.8 Å². The fourth-order valence-electron chi connectivity index (χ4n) is 2.93. The van der Waals surface area contributed by atoms with Crippen LogP contribution in [0.1, 0.15) is 44.0 Å². The minimum Gasteiger partial charge on any atom is -0.466 e. The lowest BCUT2D eigenvalue weighted by molar-refractivity contribution is -0.148. The molecule has 1 aromatic rings. The van der Waals surface area contributed by atoms with Gasteiger partial charge in [0.05, 0.1) is 30.1 Å². The van der Waals surface area contributed by atoms with Gasteiger partial charge in [0.2, 0.25) is 0 Å². The van der Waals surface area contributed by atoms with Crippen molar-refractivity contribution < 1.29 is 22.7 Å². The number of piperidine rings is 1. The molecule has 5 nitrogen and oxygen atoms in total. The largest absolute Gasteiger partial charge is 0.466 e. The van der Waals surface area contributed by atoms with Crippen molar-refractivity contribution in [2.75, 3.05) is 24.6 Å². The molecule has 0 N–H and O–H groups in total. The van der Waals surface area contributed by atoms with Crippen LogP contribution in [0.5, 0.6) is 0 Å². The van der Waals surface area contributed by atoms with Crippen molar-refractivity contribution in [2.45, 2.75) is 52.1 Å². The molecule has 0 saturated carbocycles. The lowest BCUT2D eigenvalue weighted by Crippen LogP contribution is -2.37. The van der Waals surface area contributed by atoms with Gasteiger partial charge in [0.15, 0.2) is 0 Å². The second-order valence-electron chi connectivity index (χ2n) is 6.24. The van der Waals surface area contributed by atoms with Crippen LogP contribution in [0.25, 0.3) is 0 Å². The van der Waals surface area contributed by atoms with E-state index in [0.717, 1.165) is 0 Å². The molecule has 1 aliphatic heterocycles. The highest BCUT2D eigenvalue weighted by atomic mass is 19.4. The highest BCUT2D eigenvalue weighted by Gasteiger charge is 2.28. The molecule has 2 rings (SSSR count). The number of aromatic nitrogens is 2. The number of esters is 1. The fourth-order valence-corrected chi connectivity index (χ4v) is 2.93. The van der Waals surface area contributed by atoms with Crippen molar-refractivity contribution in [3.05, 3.63) is 17.6 Å². The van der Waals surface area contributed by atoms with E-state index in [-0.39, 0.29) is 24.7 Å². The Morgan fingerprint density at radius 3 is 2.64 bits per heavy atom. The van der Waals surface area contributed by atoms with Gasteiger partial charge in [-0.2, -0.15) is 13.2 Å². The smallest absolute Gasteiger partial charge is 0.389 e. The van der Waals surface area contributed by atoms with Crippen molar-refractivity contribution in [3.63, 3.8) is 0 Å². The van der Waals surface area contributed by atoms with Crippen LogP contribution < -0.4 is 4.90 Å². The second-order valence-corrected chi connectivity index (χ2v) is 6.24. The third-order valence-electron chi connectivity index (χ3n) is 4.35. The van der Waals surface area contributed by atoms with Gasteiger partial charge < -0.3 is 9.64 Å². The minimum absolute atomic E-state index is 0.00735. The zero-order valence-corrected chi connectivity index (χ0v) is 14.6. The molecular formula is C17H24F3N3O2. The molecule has 140 valence electrons. The van der Waals surface area contributed by atoms with Crippen molar-refractivity contribution in [1.29, 1.82) is 0 Å². The summed E-state index contributed by atoms with van der Waals surface area (Å²) in [5.41, 5.74) is 1.27. The molecule has 0 aliphatic carbocycles. The number of nitrogens with zero attached hydrogens (tertiary/aromatic N) is 3. The Bertz CT molecular complexity index is 585. The summed E-state index contributed by atoms with van der Waals surface area (Å²) in [5.74, 6) is 0.403. The normalized spacial score (nSPS) is 16.1. The summed E-state index contributed by atoms with van der Waals surface area (Å²) >= 11 is 0. The molecule has 0 unspecified atom stereocenters. The summed E-state index contributed by atoms with van der Waals surface area (Å²) in [7, 11) is 0. The third kappa shape index (κ3) is 5.86. The van der Waals surface area contributed by atoms with Gasteiger partial charge in [0.25, 0.3) is 0 Å². The molecule has 0 bridgehead atoms. The molecule has 0 spiro atoms. The van der Waals surface area contributed by atoms with Gasteiger partial charge in [0.1, 0.15) is 5.82 Å². The summed E-state index contributed by atoms with van der Waals surface area (Å²) in [6.07, 6.45) is -1.70. The first-order chi connectivity index (χ1) is 11.8. The van der Waals surface area contributed by atoms with E-state index in [2.05, 4.69) is 9.97 Å². The highest BCUT2D eigenvalue weighted by Crippen LogP contribution is 2.25. The van der Waals surface area contributed by atoms with E-state index < -0.39 is 12.6 Å². The van der Waals surface area contributed by atoms with Crippen LogP contribution in [0.2, 0.25) is 0 Å². The summed E-state index contributed by atoms with van der Waals surface area (Å²) in [4.78, 5) is 22.6. The van der Waals surface area contributed by atoms with E-state index in [1.54, 1.807) is 20.0 Å². The first-order valence-corrected chi connectivity index (χ1v) is 8.61. The summed E-state index contributed by atoms with van der Waals surface area (Å²) in [6, 6.07) is 0. The van der Waals surface area contributed by atoms with Crippen LogP contribution in [-0.2, 0) is 16.0 Å². The number of ether oxygens (including phenoxy) is 1. The number of rotatable bonds is 6. The summed E-state index contributed by atoms with van der Waals surface area (Å²) < 4.78 is 42.0. The molecular weight excluding hydrogens is 335 g/mol. The van der Waals surface area contributed by atoms with Crippen molar-refractivity contribution in [2.24, 2.45) is 5.92 Å². The van der Waals surface area contributed by atoms with E-state index in [1.165, 1.54) is 0 Å². The topological polar surface area (TPSA) is 55.3 Å². The standard InChI is InChI=1S/C17H24F3N3O2/c1-3-25-16(24)13-6-9-23(10-7-13)15-11-21-12(2)14(22-15)5-4-8-17(18,19)20/h11,13H,3-10H2,1-2H3. The maximum Gasteiger partial charge on any atom is 0.389 e. The number of hydrogen-bond acceptors (Lipinski definition) is 5. The monoisotopic (exact) mass is 359 g/mol. The highest BCUT2D eigenvalue weighted by molar-refractivity contribution is 5.72. The molecule has 1 fully saturated rings. The predicted octanol–water partition coefficient (Wildman–Crippen LogP) is 3.45. The van der Waals surface area contributed by atoms with E-state index in [0.29, 0.717) is 49.7 Å². The Morgan fingerprint density at radius 1 is 1.36 bits per heavy atom. The molecule has 1 aliphatic rings. The average Bonchev–Trinajstić information content (AvgIpc) is 2.56. The molecule has 2 heterocycles. The van der Waals surface area contributed by atoms with Crippen LogP contribution in [0.15, 0.2) is 6.20 Å². The van der Waals surface area contributed by atoms with E-state index in [1.807, 2.05) is 4.90 Å². The molecule has 0 atom stereocenters. The maximum absolute atomic E-state index is 12.3. The molecule has 8 heteroatoms. The van der Waals surface area contributed by atoms with Crippen LogP contribution in [-0.4, -0.2) is 41.8 Å². The second kappa shape index (κ2) is 8.49. The van der Waals surface area contributed by atoms with Gasteiger partial charge >= 0.3 is 12.1 Å². The zero-order valence-electron chi connectivity index (χ0n) is 14.6. The predicted molar refractivity (Wildman–Crippen MR) is 87.3 cm³/mol. The molecule has 1 saturated heterocycles. The number of aryl methyl sites for hydroxylation is 2. The van der Waals surface area contributed by atoms with Gasteiger partial charge in [-0.3, -0.25) is 9.78 Å². The number of carbonyl (C=O) groups is 1. The van der Waals surface area contributed by atoms with Crippen molar-refractivity contribution in [3.8, 4) is 0 Å². The first-order valence-electron chi connectivity index (χ1n) is 8.61. The van der Waals surface area contributed by atoms with Gasteiger partial charge in [-0.05, 0) is 39.5 Å². The fraction of sp³-hybridized carbons (Fsp3) is 0.706. The van der Waals surface area contributed by atoms with E-state index in [9.17, 15) is 18.0 Å². The first kappa shape index (κ1) is 19.5. The number of anilines is 1. The van der Waals surface area contributed by atoms with Crippen LogP contribution >= 0.6 is 0 Å². The van der Waals surface area contributed by atoms with Crippen LogP contribution in [0.4, 0.5) is 19.0 Å². The molecule has 0 aromatic carbocycles. The average molecular weight is 359 g/mol. The number of halogens is 3. The molecule has 0 radical (unpaired) electrons. The minimum atomic E-state index is -4.14. The van der Waals surface area contributed by atoms with Gasteiger partial charge in [-0.1, -0.05) is 0 Å². The Hall–Kier alpha value is -1.86. The zero-order chi connectivity index (χ0) is 18.4. The third-order valence-corrected chi connectivity index (χ3v) is 4.35. The Kier molecular flexibility index (Phi) is 6.61. The number of hydrogen-bond donors (Lipinski definition) is 0. The Balaban J connectivity index is 1.94. The molecule has 0 amide bonds. The number of carbonyl (C=O) groups excluding carboxylic acids is 1. The van der Waals surface area contributed by atoms with Crippen molar-refractivity contribution in [1.82, 2.24) is 9.97 Å². The molecule has 25 heavy (non-hydrogen) atoms. The van der Waals surface area contributed by atoms with Gasteiger partial charge in [0, 0.05) is 19.5 Å². The number of alkyl halides is 3. The van der Waals surface area contributed by atoms with Gasteiger partial charge in [-0.15, -0.1) is 0 Å². The lowest BCUT2D eigenvalue weighted by Gasteiger charge is -2.31. The van der Waals surface area contributed by atoms with Crippen molar-refractivity contribution >= 4 is 11.8 Å². The Labute approximate surface area is 145 Å². The maximum atomic E-state index is 12.3. The molecule has 1 aromatic heterocycles. The summed E-state index contributed by atoms with van der Waals surface area (Å²) in [6.45, 7) is 5.23. The van der Waals surface area contributed by atoms with E-state index >= 15 is 0 Å². The SMILES string of the molecule is CCOC(=O)C1CCN(c2cnc(C)c(CCCC(F)(F)F)n2)CC1. The Morgan fingerprint density at radius 2 is 2.04 bits per heavy atom. The lowest BCUT2D eigenvalue weighted by atomic mass is 9.97. The quantitative estimate of drug-likeness (QED) is 0.728. The van der Waals surface area contributed by atoms with Gasteiger partial charge in [-0.25, -0.2) is 4.98 Å².